The number of aliphatic hydroxyl groups is 2. The minimum absolute atomic E-state index is 0.112. The summed E-state index contributed by atoms with van der Waals surface area (Å²) >= 11 is 5.32. The molecule has 8 nitrogen and oxygen atoms in total. The second-order valence-corrected chi connectivity index (χ2v) is 12.2. The Bertz CT molecular complexity index is 1190. The average Bonchev–Trinajstić information content (AvgIpc) is 2.88. The Morgan fingerprint density at radius 3 is 2.47 bits per heavy atom. The number of hydrogen-bond donors (Lipinski definition) is 2. The first-order valence-electron chi connectivity index (χ1n) is 12.4. The van der Waals surface area contributed by atoms with Gasteiger partial charge in [-0.2, -0.15) is 17.5 Å². The zero-order valence-corrected chi connectivity index (χ0v) is 22.6. The molecule has 2 aliphatic heterocycles. The highest BCUT2D eigenvalue weighted by atomic mass is 32.2. The van der Waals surface area contributed by atoms with Gasteiger partial charge in [0.15, 0.2) is 5.60 Å². The van der Waals surface area contributed by atoms with E-state index in [0.717, 1.165) is 0 Å². The molecule has 4 rings (SSSR count). The number of halogens is 3. The van der Waals surface area contributed by atoms with Gasteiger partial charge in [0.05, 0.1) is 36.8 Å². The van der Waals surface area contributed by atoms with Crippen molar-refractivity contribution in [2.45, 2.75) is 37.2 Å². The Labute approximate surface area is 226 Å². The van der Waals surface area contributed by atoms with Gasteiger partial charge in [-0.3, -0.25) is 4.90 Å². The molecule has 1 unspecified atom stereocenters. The van der Waals surface area contributed by atoms with Crippen molar-refractivity contribution in [2.75, 3.05) is 57.4 Å². The molecule has 38 heavy (non-hydrogen) atoms. The highest BCUT2D eigenvalue weighted by Gasteiger charge is 2.51. The molecule has 0 spiro atoms. The summed E-state index contributed by atoms with van der Waals surface area (Å²) in [6, 6.07) is 4.89. The maximum atomic E-state index is 13.5. The second-order valence-electron chi connectivity index (χ2n) is 9.82. The summed E-state index contributed by atoms with van der Waals surface area (Å²) in [5.74, 6) is 0. The van der Waals surface area contributed by atoms with Crippen LogP contribution in [0.25, 0.3) is 0 Å². The number of benzene rings is 1. The van der Waals surface area contributed by atoms with Crippen LogP contribution in [0.15, 0.2) is 47.4 Å². The third kappa shape index (κ3) is 5.83. The molecule has 0 radical (unpaired) electrons. The molecule has 0 bridgehead atoms. The number of thiocarbonyl (C=S) groups is 1. The third-order valence-electron chi connectivity index (χ3n) is 7.34. The highest BCUT2D eigenvalue weighted by Crippen LogP contribution is 2.39. The van der Waals surface area contributed by atoms with Gasteiger partial charge in [0, 0.05) is 49.7 Å². The van der Waals surface area contributed by atoms with E-state index in [1.54, 1.807) is 12.2 Å². The zero-order chi connectivity index (χ0) is 27.7. The van der Waals surface area contributed by atoms with Crippen LogP contribution in [-0.2, 0) is 20.4 Å². The number of allylic oxidation sites excluding steroid dienone is 4. The number of hydrogen-bond acceptors (Lipinski definition) is 8. The summed E-state index contributed by atoms with van der Waals surface area (Å²) < 4.78 is 73.9. The van der Waals surface area contributed by atoms with Crippen molar-refractivity contribution >= 4 is 32.8 Å². The van der Waals surface area contributed by atoms with E-state index < -0.39 is 21.8 Å². The van der Waals surface area contributed by atoms with Crippen LogP contribution in [0.1, 0.15) is 18.9 Å². The first-order valence-corrected chi connectivity index (χ1v) is 14.2. The Morgan fingerprint density at radius 1 is 1.13 bits per heavy atom. The molecule has 2 saturated heterocycles. The van der Waals surface area contributed by atoms with Crippen molar-refractivity contribution in [1.29, 1.82) is 0 Å². The molecular formula is C25H32F3N3O5S2. The molecule has 1 aliphatic carbocycles. The summed E-state index contributed by atoms with van der Waals surface area (Å²) in [7, 11) is -3.85. The van der Waals surface area contributed by atoms with Crippen LogP contribution in [0.3, 0.4) is 0 Å². The predicted molar refractivity (Wildman–Crippen MR) is 141 cm³/mol. The smallest absolute Gasteiger partial charge is 0.395 e. The molecule has 3 atom stereocenters. The van der Waals surface area contributed by atoms with Crippen molar-refractivity contribution < 1.29 is 36.5 Å². The number of alkyl halides is 3. The molecule has 2 fully saturated rings. The number of sulfonamides is 1. The van der Waals surface area contributed by atoms with Gasteiger partial charge in [-0.05, 0) is 30.7 Å². The van der Waals surface area contributed by atoms with Crippen LogP contribution in [0, 0.1) is 0 Å². The lowest BCUT2D eigenvalue weighted by molar-refractivity contribution is -0.258. The molecule has 2 N–H and O–H groups in total. The van der Waals surface area contributed by atoms with Crippen LogP contribution < -0.4 is 4.90 Å². The Hall–Kier alpha value is -1.87. The average molecular weight is 576 g/mol. The Balaban J connectivity index is 1.62. The van der Waals surface area contributed by atoms with Crippen LogP contribution in [0.2, 0.25) is 0 Å². The Kier molecular flexibility index (Phi) is 8.67. The van der Waals surface area contributed by atoms with Crippen molar-refractivity contribution in [3.8, 4) is 0 Å². The number of nitrogens with zero attached hydrogens (tertiary/aromatic N) is 3. The summed E-state index contributed by atoms with van der Waals surface area (Å²) in [6.45, 7) is 2.95. The number of ether oxygens (including phenoxy) is 1. The van der Waals surface area contributed by atoms with Gasteiger partial charge in [-0.1, -0.05) is 36.5 Å². The molecule has 0 amide bonds. The fourth-order valence-electron chi connectivity index (χ4n) is 4.94. The lowest BCUT2D eigenvalue weighted by atomic mass is 9.95. The van der Waals surface area contributed by atoms with Crippen molar-refractivity contribution in [1.82, 2.24) is 9.21 Å². The second kappa shape index (κ2) is 11.3. The molecule has 210 valence electrons. The van der Waals surface area contributed by atoms with Gasteiger partial charge in [-0.25, -0.2) is 8.42 Å². The van der Waals surface area contributed by atoms with Gasteiger partial charge >= 0.3 is 6.18 Å². The normalized spacial score (nSPS) is 25.8. The molecule has 0 aromatic heterocycles. The maximum absolute atomic E-state index is 13.5. The monoisotopic (exact) mass is 575 g/mol. The van der Waals surface area contributed by atoms with E-state index in [-0.39, 0.29) is 42.2 Å². The van der Waals surface area contributed by atoms with Crippen LogP contribution in [-0.4, -0.2) is 104 Å². The SMILES string of the molecule is CC(O)(c1ccc(N2CCN(S(=O)(=O)C3=CC=CCC3=S)C[C@H]2CN2CCOC[C@@H]2CO)cc1)C(F)(F)F. The fourth-order valence-corrected chi connectivity index (χ4v) is 7.01. The van der Waals surface area contributed by atoms with E-state index in [0.29, 0.717) is 56.7 Å². The number of morpholine rings is 1. The molecule has 3 aliphatic rings. The third-order valence-corrected chi connectivity index (χ3v) is 9.81. The maximum Gasteiger partial charge on any atom is 0.421 e. The minimum atomic E-state index is -4.84. The number of piperazine rings is 1. The standard InChI is InChI=1S/C25H32F3N3O5S2/c1-24(33,25(26,27)28)18-6-8-19(9-7-18)31-11-10-30(38(34,35)23-5-3-2-4-22(23)37)15-20(31)14-29-12-13-36-17-21(29)16-32/h2-3,5-9,20-21,32-33H,4,10-17H2,1H3/t20-,21+,24?/m1/s1. The Morgan fingerprint density at radius 2 is 1.84 bits per heavy atom. The molecular weight excluding hydrogens is 543 g/mol. The molecule has 13 heteroatoms. The summed E-state index contributed by atoms with van der Waals surface area (Å²) in [5, 5.41) is 19.9. The number of aliphatic hydroxyl groups excluding tert-OH is 1. The van der Waals surface area contributed by atoms with Crippen molar-refractivity contribution in [3.05, 3.63) is 53.0 Å². The fraction of sp³-hybridized carbons (Fsp3) is 0.560. The molecule has 0 saturated carbocycles. The van der Waals surface area contributed by atoms with E-state index in [1.807, 2.05) is 9.80 Å². The van der Waals surface area contributed by atoms with Gasteiger partial charge < -0.3 is 19.8 Å². The predicted octanol–water partition coefficient (Wildman–Crippen LogP) is 2.18. The quantitative estimate of drug-likeness (QED) is 0.478. The van der Waals surface area contributed by atoms with Gasteiger partial charge in [0.1, 0.15) is 0 Å². The lowest BCUT2D eigenvalue weighted by Crippen LogP contribution is -2.61. The lowest BCUT2D eigenvalue weighted by Gasteiger charge is -2.46. The van der Waals surface area contributed by atoms with Crippen LogP contribution in [0.4, 0.5) is 18.9 Å². The number of rotatable bonds is 7. The van der Waals surface area contributed by atoms with E-state index in [4.69, 9.17) is 17.0 Å². The zero-order valence-electron chi connectivity index (χ0n) is 21.0. The van der Waals surface area contributed by atoms with E-state index >= 15 is 0 Å². The highest BCUT2D eigenvalue weighted by molar-refractivity contribution is 7.96. The largest absolute Gasteiger partial charge is 0.421 e. The minimum Gasteiger partial charge on any atom is -0.395 e. The van der Waals surface area contributed by atoms with E-state index in [2.05, 4.69) is 0 Å². The van der Waals surface area contributed by atoms with Crippen LogP contribution in [0.5, 0.6) is 0 Å². The molecule has 1 aromatic carbocycles. The van der Waals surface area contributed by atoms with Crippen molar-refractivity contribution in [3.63, 3.8) is 0 Å². The van der Waals surface area contributed by atoms with Gasteiger partial charge in [0.2, 0.25) is 10.0 Å². The first-order chi connectivity index (χ1) is 17.9. The number of anilines is 1. The first kappa shape index (κ1) is 29.1. The van der Waals surface area contributed by atoms with Gasteiger partial charge in [-0.15, -0.1) is 0 Å². The van der Waals surface area contributed by atoms with Crippen LogP contribution >= 0.6 is 12.2 Å². The summed E-state index contributed by atoms with van der Waals surface area (Å²) in [6.07, 6.45) is 0.528. The summed E-state index contributed by atoms with van der Waals surface area (Å²) in [5.41, 5.74) is -2.68. The summed E-state index contributed by atoms with van der Waals surface area (Å²) in [4.78, 5) is 4.48. The van der Waals surface area contributed by atoms with Crippen molar-refractivity contribution in [2.24, 2.45) is 0 Å². The van der Waals surface area contributed by atoms with E-state index in [9.17, 15) is 31.8 Å². The molecule has 2 heterocycles. The topological polar surface area (TPSA) is 93.6 Å². The van der Waals surface area contributed by atoms with Gasteiger partial charge in [0.25, 0.3) is 0 Å². The van der Waals surface area contributed by atoms with E-state index in [1.165, 1.54) is 34.6 Å². The molecule has 1 aromatic rings.